The molecule has 3 amide bonds. The molecule has 6 rings (SSSR count). The normalized spacial score (nSPS) is 33.8. The summed E-state index contributed by atoms with van der Waals surface area (Å²) in [6.07, 6.45) is 21.7. The van der Waals surface area contributed by atoms with E-state index in [1.165, 1.54) is 37.7 Å². The van der Waals surface area contributed by atoms with Gasteiger partial charge < -0.3 is 25.5 Å². The molecule has 5 fully saturated rings. The number of rotatable bonds is 9. The van der Waals surface area contributed by atoms with E-state index in [-0.39, 0.29) is 42.0 Å². The van der Waals surface area contributed by atoms with Crippen LogP contribution in [-0.2, 0) is 14.4 Å². The Hall–Kier alpha value is -1.80. The van der Waals surface area contributed by atoms with Crippen molar-refractivity contribution in [3.05, 3.63) is 11.8 Å². The van der Waals surface area contributed by atoms with Gasteiger partial charge in [0.2, 0.25) is 17.7 Å². The van der Waals surface area contributed by atoms with Crippen molar-refractivity contribution in [2.24, 2.45) is 23.2 Å². The van der Waals surface area contributed by atoms with E-state index >= 15 is 0 Å². The lowest BCUT2D eigenvalue weighted by atomic mass is 9.61. The number of alkyl halides is 1. The van der Waals surface area contributed by atoms with Gasteiger partial charge in [-0.1, -0.05) is 64.2 Å². The maximum atomic E-state index is 14.6. The second kappa shape index (κ2) is 15.2. The lowest BCUT2D eigenvalue weighted by Gasteiger charge is -2.46. The number of fused-ring (bicyclic) bond motifs is 1. The molecule has 0 spiro atoms. The Balaban J connectivity index is 1.20. The van der Waals surface area contributed by atoms with Gasteiger partial charge in [-0.3, -0.25) is 14.4 Å². The molecule has 1 saturated heterocycles. The molecule has 258 valence electrons. The fraction of sp³-hybridized carbons (Fsp3) is 0.865. The van der Waals surface area contributed by atoms with E-state index in [2.05, 4.69) is 16.8 Å². The first-order valence-corrected chi connectivity index (χ1v) is 19.3. The first-order chi connectivity index (χ1) is 22.3. The highest BCUT2D eigenvalue weighted by atomic mass is 35.5. The number of nitrogens with one attached hydrogen (secondary N) is 2. The van der Waals surface area contributed by atoms with Gasteiger partial charge in [0.25, 0.3) is 0 Å². The third-order valence-corrected chi connectivity index (χ3v) is 13.5. The van der Waals surface area contributed by atoms with Gasteiger partial charge in [-0.05, 0) is 81.4 Å². The van der Waals surface area contributed by atoms with E-state index in [1.54, 1.807) is 9.80 Å². The fourth-order valence-corrected chi connectivity index (χ4v) is 10.7. The van der Waals surface area contributed by atoms with E-state index in [0.29, 0.717) is 30.8 Å². The number of carbonyl (C=O) groups excluding carboxylic acids is 3. The van der Waals surface area contributed by atoms with Crippen LogP contribution in [0.15, 0.2) is 11.8 Å². The Morgan fingerprint density at radius 1 is 0.978 bits per heavy atom. The smallest absolute Gasteiger partial charge is 0.245 e. The standard InChI is InChI=1S/C37H59ClN4O4/c1-41(23-25-12-6-8-16-30(25)38)35(45)32(20-26-22-39-31-17-9-7-15-29(26)31)40-34(44)33-21-28(43)24-42(33)36(46)37(18-10-3-11-19-37)27-13-4-2-5-14-27/h22,25,27-33,39,43H,2-21,23-24H2,1H3,(H,40,44)/t25?,28-,29?,30?,31?,32?,33?/m1/s1. The molecule has 9 heteroatoms. The number of nitrogens with zero attached hydrogens (tertiary/aromatic N) is 2. The highest BCUT2D eigenvalue weighted by molar-refractivity contribution is 6.20. The van der Waals surface area contributed by atoms with Gasteiger partial charge in [0.1, 0.15) is 12.1 Å². The summed E-state index contributed by atoms with van der Waals surface area (Å²) < 4.78 is 0. The topological polar surface area (TPSA) is 102 Å². The fourth-order valence-electron chi connectivity index (χ4n) is 10.3. The van der Waals surface area contributed by atoms with Crippen LogP contribution >= 0.6 is 11.6 Å². The van der Waals surface area contributed by atoms with Crippen molar-refractivity contribution in [1.29, 1.82) is 0 Å². The lowest BCUT2D eigenvalue weighted by molar-refractivity contribution is -0.154. The van der Waals surface area contributed by atoms with Crippen LogP contribution in [0, 0.1) is 23.2 Å². The minimum Gasteiger partial charge on any atom is -0.391 e. The molecule has 3 N–H and O–H groups in total. The number of halogens is 1. The van der Waals surface area contributed by atoms with Crippen LogP contribution in [-0.4, -0.2) is 82.4 Å². The van der Waals surface area contributed by atoms with Crippen molar-refractivity contribution in [3.63, 3.8) is 0 Å². The first kappa shape index (κ1) is 34.1. The Labute approximate surface area is 281 Å². The molecular weight excluding hydrogens is 600 g/mol. The van der Waals surface area contributed by atoms with Gasteiger partial charge in [-0.2, -0.15) is 0 Å². The highest BCUT2D eigenvalue weighted by Crippen LogP contribution is 2.50. The maximum absolute atomic E-state index is 14.6. The van der Waals surface area contributed by atoms with Gasteiger partial charge in [0.05, 0.1) is 11.5 Å². The molecule has 6 aliphatic rings. The molecule has 0 aromatic heterocycles. The minimum atomic E-state index is -0.755. The second-order valence-electron chi connectivity index (χ2n) is 15.8. The number of hydrogen-bond donors (Lipinski definition) is 3. The molecule has 0 radical (unpaired) electrons. The number of likely N-dealkylation sites (N-methyl/N-ethyl adjacent to an activating group) is 1. The van der Waals surface area contributed by atoms with E-state index in [4.69, 9.17) is 11.6 Å². The third-order valence-electron chi connectivity index (χ3n) is 12.9. The molecule has 7 atom stereocenters. The molecule has 2 aliphatic heterocycles. The number of amides is 3. The summed E-state index contributed by atoms with van der Waals surface area (Å²) in [5.41, 5.74) is 0.785. The molecule has 2 heterocycles. The van der Waals surface area contributed by atoms with Crippen LogP contribution < -0.4 is 10.6 Å². The number of aliphatic hydroxyl groups excluding tert-OH is 1. The average molecular weight is 659 g/mol. The van der Waals surface area contributed by atoms with Crippen LogP contribution in [0.25, 0.3) is 0 Å². The summed E-state index contributed by atoms with van der Waals surface area (Å²) in [5.74, 6) is 0.685. The predicted octanol–water partition coefficient (Wildman–Crippen LogP) is 5.66. The molecule has 0 aromatic carbocycles. The first-order valence-electron chi connectivity index (χ1n) is 18.9. The molecule has 0 aromatic rings. The van der Waals surface area contributed by atoms with E-state index in [1.807, 2.05) is 7.05 Å². The summed E-state index contributed by atoms with van der Waals surface area (Å²) in [7, 11) is 1.84. The number of carbonyl (C=O) groups is 3. The Morgan fingerprint density at radius 2 is 1.65 bits per heavy atom. The molecular formula is C37H59ClN4O4. The summed E-state index contributed by atoms with van der Waals surface area (Å²) in [6.45, 7) is 0.779. The Kier molecular flexibility index (Phi) is 11.2. The third kappa shape index (κ3) is 7.28. The summed E-state index contributed by atoms with van der Waals surface area (Å²) in [5, 5.41) is 17.7. The zero-order chi connectivity index (χ0) is 32.3. The number of β-amino-alcohol motifs (C(OH)–C–C–N with tert-alkyl or cyclic N) is 1. The Morgan fingerprint density at radius 3 is 2.41 bits per heavy atom. The van der Waals surface area contributed by atoms with Crippen molar-refractivity contribution >= 4 is 29.3 Å². The predicted molar refractivity (Wildman–Crippen MR) is 181 cm³/mol. The van der Waals surface area contributed by atoms with Gasteiger partial charge in [0.15, 0.2) is 0 Å². The van der Waals surface area contributed by atoms with E-state index in [9.17, 15) is 19.5 Å². The van der Waals surface area contributed by atoms with Crippen LogP contribution in [0.2, 0.25) is 0 Å². The van der Waals surface area contributed by atoms with E-state index in [0.717, 1.165) is 83.5 Å². The lowest BCUT2D eigenvalue weighted by Crippen LogP contribution is -2.57. The molecule has 6 unspecified atom stereocenters. The molecule has 4 saturated carbocycles. The number of likely N-dealkylation sites (tertiary alicyclic amines) is 1. The van der Waals surface area contributed by atoms with Gasteiger partial charge in [-0.25, -0.2) is 0 Å². The van der Waals surface area contributed by atoms with Crippen molar-refractivity contribution in [1.82, 2.24) is 20.4 Å². The van der Waals surface area contributed by atoms with E-state index < -0.39 is 23.6 Å². The quantitative estimate of drug-likeness (QED) is 0.278. The largest absolute Gasteiger partial charge is 0.391 e. The zero-order valence-corrected chi connectivity index (χ0v) is 29.0. The molecule has 4 aliphatic carbocycles. The van der Waals surface area contributed by atoms with Crippen molar-refractivity contribution in [2.75, 3.05) is 20.1 Å². The van der Waals surface area contributed by atoms with Crippen LogP contribution in [0.4, 0.5) is 0 Å². The number of aliphatic hydroxyl groups is 1. The van der Waals surface area contributed by atoms with Gasteiger partial charge >= 0.3 is 0 Å². The average Bonchev–Trinajstić information content (AvgIpc) is 3.68. The monoisotopic (exact) mass is 658 g/mol. The Bertz CT molecular complexity index is 1120. The summed E-state index contributed by atoms with van der Waals surface area (Å²) in [6, 6.07) is -1.06. The van der Waals surface area contributed by atoms with Crippen LogP contribution in [0.1, 0.15) is 128 Å². The zero-order valence-electron chi connectivity index (χ0n) is 28.2. The summed E-state index contributed by atoms with van der Waals surface area (Å²) in [4.78, 5) is 46.6. The van der Waals surface area contributed by atoms with Crippen LogP contribution in [0.5, 0.6) is 0 Å². The van der Waals surface area contributed by atoms with Gasteiger partial charge in [0, 0.05) is 43.9 Å². The minimum absolute atomic E-state index is 0.0672. The SMILES string of the molecule is CN(CC1CCCCC1Cl)C(=O)C(CC1=CNC2CCCCC12)NC(=O)C1C[C@@H](O)CN1C(=O)C1(C2CCCCC2)CCCCC1. The van der Waals surface area contributed by atoms with Gasteiger partial charge in [-0.15, -0.1) is 11.6 Å². The van der Waals surface area contributed by atoms with Crippen molar-refractivity contribution < 1.29 is 19.5 Å². The van der Waals surface area contributed by atoms with Crippen molar-refractivity contribution in [3.8, 4) is 0 Å². The highest BCUT2D eigenvalue weighted by Gasteiger charge is 2.52. The maximum Gasteiger partial charge on any atom is 0.245 e. The summed E-state index contributed by atoms with van der Waals surface area (Å²) >= 11 is 6.70. The number of hydrogen-bond acceptors (Lipinski definition) is 5. The molecule has 46 heavy (non-hydrogen) atoms. The molecule has 0 bridgehead atoms. The van der Waals surface area contributed by atoms with Crippen LogP contribution in [0.3, 0.4) is 0 Å². The molecule has 8 nitrogen and oxygen atoms in total. The second-order valence-corrected chi connectivity index (χ2v) is 16.4. The van der Waals surface area contributed by atoms with Crippen molar-refractivity contribution in [2.45, 2.75) is 158 Å².